The Labute approximate surface area is 141 Å². The molecule has 0 spiro atoms. The van der Waals surface area contributed by atoms with Crippen LogP contribution in [0.15, 0.2) is 47.9 Å². The largest absolute Gasteiger partial charge is 0.303 e. The monoisotopic (exact) mass is 349 g/mol. The molecule has 0 amide bonds. The topological polar surface area (TPSA) is 63.2 Å². The summed E-state index contributed by atoms with van der Waals surface area (Å²) in [6, 6.07) is 8.12. The van der Waals surface area contributed by atoms with Gasteiger partial charge in [-0.15, -0.1) is 0 Å². The SMILES string of the molecule is O=S(=O)(c1ncccn1)C1CCN(CCc2ccc(F)cc2)CC1. The minimum atomic E-state index is -3.45. The van der Waals surface area contributed by atoms with Crippen LogP contribution in [0, 0.1) is 5.82 Å². The highest BCUT2D eigenvalue weighted by Crippen LogP contribution is 2.22. The lowest BCUT2D eigenvalue weighted by Gasteiger charge is -2.31. The number of halogens is 1. The molecule has 1 aromatic heterocycles. The molecule has 1 saturated heterocycles. The minimum Gasteiger partial charge on any atom is -0.303 e. The zero-order chi connectivity index (χ0) is 17.0. The molecule has 2 heterocycles. The van der Waals surface area contributed by atoms with Crippen LogP contribution in [0.5, 0.6) is 0 Å². The summed E-state index contributed by atoms with van der Waals surface area (Å²) in [4.78, 5) is 10.0. The minimum absolute atomic E-state index is 0.0743. The second-order valence-corrected chi connectivity index (χ2v) is 8.12. The maximum absolute atomic E-state index is 12.9. The lowest BCUT2D eigenvalue weighted by molar-refractivity contribution is 0.232. The maximum atomic E-state index is 12.9. The molecule has 5 nitrogen and oxygen atoms in total. The molecule has 1 aromatic carbocycles. The Morgan fingerprint density at radius 1 is 1.08 bits per heavy atom. The lowest BCUT2D eigenvalue weighted by Crippen LogP contribution is -2.40. The lowest BCUT2D eigenvalue weighted by atomic mass is 10.1. The number of aromatic nitrogens is 2. The predicted molar refractivity (Wildman–Crippen MR) is 88.8 cm³/mol. The quantitative estimate of drug-likeness (QED) is 0.774. The van der Waals surface area contributed by atoms with Gasteiger partial charge in [-0.05, 0) is 56.1 Å². The Morgan fingerprint density at radius 3 is 2.33 bits per heavy atom. The molecule has 128 valence electrons. The van der Waals surface area contributed by atoms with E-state index in [-0.39, 0.29) is 11.0 Å². The van der Waals surface area contributed by atoms with Crippen LogP contribution in [-0.4, -0.2) is 48.2 Å². The smallest absolute Gasteiger partial charge is 0.247 e. The molecular formula is C17H20FN3O2S. The van der Waals surface area contributed by atoms with E-state index in [9.17, 15) is 12.8 Å². The van der Waals surface area contributed by atoms with Crippen molar-refractivity contribution >= 4 is 9.84 Å². The van der Waals surface area contributed by atoms with Gasteiger partial charge in [0.15, 0.2) is 0 Å². The summed E-state index contributed by atoms with van der Waals surface area (Å²) in [5, 5.41) is -0.489. The number of likely N-dealkylation sites (tertiary alicyclic amines) is 1. The van der Waals surface area contributed by atoms with Crippen molar-refractivity contribution in [3.05, 3.63) is 54.1 Å². The van der Waals surface area contributed by atoms with E-state index < -0.39 is 15.1 Å². The van der Waals surface area contributed by atoms with Gasteiger partial charge in [0.1, 0.15) is 5.82 Å². The second-order valence-electron chi connectivity index (χ2n) is 5.99. The van der Waals surface area contributed by atoms with Gasteiger partial charge in [0, 0.05) is 18.9 Å². The van der Waals surface area contributed by atoms with Crippen LogP contribution >= 0.6 is 0 Å². The third kappa shape index (κ3) is 3.96. The van der Waals surface area contributed by atoms with Crippen molar-refractivity contribution < 1.29 is 12.8 Å². The summed E-state index contributed by atoms with van der Waals surface area (Å²) >= 11 is 0. The van der Waals surface area contributed by atoms with E-state index in [0.29, 0.717) is 12.8 Å². The molecule has 0 N–H and O–H groups in total. The molecule has 7 heteroatoms. The van der Waals surface area contributed by atoms with Crippen LogP contribution in [0.4, 0.5) is 4.39 Å². The van der Waals surface area contributed by atoms with Crippen LogP contribution in [0.1, 0.15) is 18.4 Å². The zero-order valence-corrected chi connectivity index (χ0v) is 14.1. The number of hydrogen-bond donors (Lipinski definition) is 0. The van der Waals surface area contributed by atoms with Crippen molar-refractivity contribution in [1.29, 1.82) is 0 Å². The molecule has 0 saturated carbocycles. The molecule has 0 atom stereocenters. The van der Waals surface area contributed by atoms with Gasteiger partial charge in [0.05, 0.1) is 5.25 Å². The molecule has 0 aliphatic carbocycles. The highest BCUT2D eigenvalue weighted by atomic mass is 32.2. The molecule has 1 aliphatic heterocycles. The van der Waals surface area contributed by atoms with Crippen molar-refractivity contribution in [2.24, 2.45) is 0 Å². The summed E-state index contributed by atoms with van der Waals surface area (Å²) in [6.07, 6.45) is 4.92. The summed E-state index contributed by atoms with van der Waals surface area (Å²) in [5.41, 5.74) is 1.09. The molecule has 1 aliphatic rings. The normalized spacial score (nSPS) is 17.0. The van der Waals surface area contributed by atoms with E-state index in [0.717, 1.165) is 31.6 Å². The van der Waals surface area contributed by atoms with Crippen molar-refractivity contribution in [2.45, 2.75) is 29.7 Å². The summed E-state index contributed by atoms with van der Waals surface area (Å²) in [7, 11) is -3.45. The Bertz CT molecular complexity index is 758. The highest BCUT2D eigenvalue weighted by molar-refractivity contribution is 7.91. The Kier molecular flexibility index (Phi) is 5.20. The van der Waals surface area contributed by atoms with Gasteiger partial charge in [0.25, 0.3) is 0 Å². The summed E-state index contributed by atoms with van der Waals surface area (Å²) in [6.45, 7) is 2.32. The van der Waals surface area contributed by atoms with Gasteiger partial charge in [-0.2, -0.15) is 0 Å². The fourth-order valence-corrected chi connectivity index (χ4v) is 4.51. The zero-order valence-electron chi connectivity index (χ0n) is 13.3. The first kappa shape index (κ1) is 17.0. The van der Waals surface area contributed by atoms with Crippen LogP contribution in [0.25, 0.3) is 0 Å². The molecule has 1 fully saturated rings. The summed E-state index contributed by atoms with van der Waals surface area (Å²) < 4.78 is 38.0. The number of nitrogens with zero attached hydrogens (tertiary/aromatic N) is 3. The fraction of sp³-hybridized carbons (Fsp3) is 0.412. The Balaban J connectivity index is 1.53. The van der Waals surface area contributed by atoms with Crippen molar-refractivity contribution in [3.63, 3.8) is 0 Å². The van der Waals surface area contributed by atoms with E-state index in [2.05, 4.69) is 14.9 Å². The molecule has 0 unspecified atom stereocenters. The molecular weight excluding hydrogens is 329 g/mol. The average Bonchev–Trinajstić information content (AvgIpc) is 2.62. The third-order valence-electron chi connectivity index (χ3n) is 4.40. The molecule has 3 rings (SSSR count). The van der Waals surface area contributed by atoms with Crippen LogP contribution in [-0.2, 0) is 16.3 Å². The van der Waals surface area contributed by atoms with Gasteiger partial charge in [-0.1, -0.05) is 12.1 Å². The van der Waals surface area contributed by atoms with E-state index in [1.54, 1.807) is 18.2 Å². The Morgan fingerprint density at radius 2 is 1.71 bits per heavy atom. The molecule has 2 aromatic rings. The first-order chi connectivity index (χ1) is 11.6. The number of piperidine rings is 1. The predicted octanol–water partition coefficient (Wildman–Crippen LogP) is 2.10. The number of rotatable bonds is 5. The molecule has 0 radical (unpaired) electrons. The van der Waals surface area contributed by atoms with Gasteiger partial charge in [0.2, 0.25) is 15.0 Å². The standard InChI is InChI=1S/C17H20FN3O2S/c18-15-4-2-14(3-5-15)6-11-21-12-7-16(8-13-21)24(22,23)17-19-9-1-10-20-17/h1-5,9-10,16H,6-8,11-13H2. The number of hydrogen-bond acceptors (Lipinski definition) is 5. The number of benzene rings is 1. The van der Waals surface area contributed by atoms with E-state index in [1.165, 1.54) is 24.5 Å². The summed E-state index contributed by atoms with van der Waals surface area (Å²) in [5.74, 6) is -0.229. The van der Waals surface area contributed by atoms with Gasteiger partial charge >= 0.3 is 0 Å². The van der Waals surface area contributed by atoms with Crippen LogP contribution in [0.3, 0.4) is 0 Å². The highest BCUT2D eigenvalue weighted by Gasteiger charge is 2.32. The number of sulfone groups is 1. The van der Waals surface area contributed by atoms with Crippen molar-refractivity contribution in [3.8, 4) is 0 Å². The van der Waals surface area contributed by atoms with E-state index >= 15 is 0 Å². The third-order valence-corrected chi connectivity index (χ3v) is 6.47. The van der Waals surface area contributed by atoms with Crippen molar-refractivity contribution in [1.82, 2.24) is 14.9 Å². The van der Waals surface area contributed by atoms with Gasteiger partial charge in [-0.25, -0.2) is 22.8 Å². The van der Waals surface area contributed by atoms with Gasteiger partial charge < -0.3 is 4.90 Å². The van der Waals surface area contributed by atoms with Crippen LogP contribution < -0.4 is 0 Å². The van der Waals surface area contributed by atoms with E-state index in [4.69, 9.17) is 0 Å². The second kappa shape index (κ2) is 7.36. The molecule has 24 heavy (non-hydrogen) atoms. The molecule has 0 bridgehead atoms. The van der Waals surface area contributed by atoms with Gasteiger partial charge in [-0.3, -0.25) is 0 Å². The van der Waals surface area contributed by atoms with Crippen LogP contribution in [0.2, 0.25) is 0 Å². The van der Waals surface area contributed by atoms with Crippen molar-refractivity contribution in [2.75, 3.05) is 19.6 Å². The first-order valence-electron chi connectivity index (χ1n) is 8.03. The average molecular weight is 349 g/mol. The van der Waals surface area contributed by atoms with E-state index in [1.807, 2.05) is 0 Å². The fourth-order valence-electron chi connectivity index (χ4n) is 2.96. The first-order valence-corrected chi connectivity index (χ1v) is 9.58. The Hall–Kier alpha value is -1.86. The maximum Gasteiger partial charge on any atom is 0.247 e.